The number of hydrogen-bond donors (Lipinski definition) is 0. The molecular formula is C51H43N5O. The molecule has 278 valence electrons. The fourth-order valence-corrected chi connectivity index (χ4v) is 8.24. The molecule has 0 saturated carbocycles. The molecule has 0 bridgehead atoms. The van der Waals surface area contributed by atoms with Gasteiger partial charge in [0, 0.05) is 68.2 Å². The van der Waals surface area contributed by atoms with Gasteiger partial charge in [-0.2, -0.15) is 0 Å². The summed E-state index contributed by atoms with van der Waals surface area (Å²) in [6.45, 7) is 5.03. The number of aryl methyl sites for hydroxylation is 1. The molecule has 0 N–H and O–H groups in total. The fourth-order valence-electron chi connectivity index (χ4n) is 8.24. The molecule has 0 fully saturated rings. The van der Waals surface area contributed by atoms with Crippen LogP contribution in [0.15, 0.2) is 176 Å². The lowest BCUT2D eigenvalue weighted by molar-refractivity contribution is 0.483. The van der Waals surface area contributed by atoms with E-state index in [4.69, 9.17) is 13.8 Å². The average molecular weight is 745 g/mol. The van der Waals surface area contributed by atoms with Crippen molar-refractivity contribution in [2.45, 2.75) is 33.0 Å². The second-order valence-corrected chi connectivity index (χ2v) is 15.6. The third kappa shape index (κ3) is 6.01. The van der Waals surface area contributed by atoms with Crippen LogP contribution in [-0.2, 0) is 5.41 Å². The van der Waals surface area contributed by atoms with Crippen LogP contribution < -0.4 is 14.5 Å². The van der Waals surface area contributed by atoms with Crippen LogP contribution in [0.25, 0.3) is 55.5 Å². The zero-order valence-electron chi connectivity index (χ0n) is 35.1. The fraction of sp³-hybridized carbons (Fsp3) is 0.118. The predicted molar refractivity (Wildman–Crippen MR) is 236 cm³/mol. The minimum Gasteiger partial charge on any atom is -0.457 e. The summed E-state index contributed by atoms with van der Waals surface area (Å²) in [5, 5.41) is 2.00. The molecule has 6 nitrogen and oxygen atoms in total. The molecule has 6 heteroatoms. The molecular weight excluding hydrogens is 699 g/mol. The standard InChI is InChI=1S/C51H43N5O/c1-35-30-48(52-33-43(35)36-16-7-5-8-17-36)56-47-32-40(26-27-42(47)49-50(56)41-22-11-13-24-45(41)55(49)37-18-9-6-10-19-37)57-39-21-15-20-38(31-39)53-28-29-54(34-53)46-25-14-12-23-44(46)51(2,3)4/h5-33H,34H2,1-4H3/i1D3. The van der Waals surface area contributed by atoms with E-state index >= 15 is 0 Å². The van der Waals surface area contributed by atoms with Crippen molar-refractivity contribution in [1.82, 2.24) is 14.1 Å². The van der Waals surface area contributed by atoms with Crippen LogP contribution in [0.4, 0.5) is 11.4 Å². The van der Waals surface area contributed by atoms with Crippen LogP contribution in [0.3, 0.4) is 0 Å². The molecule has 3 aromatic heterocycles. The first-order valence-electron chi connectivity index (χ1n) is 20.8. The molecule has 6 aromatic carbocycles. The van der Waals surface area contributed by atoms with Gasteiger partial charge in [0.05, 0.1) is 28.7 Å². The third-order valence-electron chi connectivity index (χ3n) is 10.9. The van der Waals surface area contributed by atoms with Crippen LogP contribution in [0, 0.1) is 6.85 Å². The van der Waals surface area contributed by atoms with Gasteiger partial charge in [0.25, 0.3) is 0 Å². The summed E-state index contributed by atoms with van der Waals surface area (Å²) >= 11 is 0. The Morgan fingerprint density at radius 2 is 1.28 bits per heavy atom. The number of nitrogens with zero attached hydrogens (tertiary/aromatic N) is 5. The summed E-state index contributed by atoms with van der Waals surface area (Å²) in [6, 6.07) is 52.9. The normalized spacial score (nSPS) is 14.1. The highest BCUT2D eigenvalue weighted by Crippen LogP contribution is 2.43. The van der Waals surface area contributed by atoms with Gasteiger partial charge in [-0.05, 0) is 83.6 Å². The van der Waals surface area contributed by atoms with E-state index in [1.54, 1.807) is 12.3 Å². The number of benzene rings is 6. The zero-order valence-corrected chi connectivity index (χ0v) is 32.1. The van der Waals surface area contributed by atoms with Crippen LogP contribution in [0.5, 0.6) is 11.5 Å². The number of fused-ring (bicyclic) bond motifs is 5. The van der Waals surface area contributed by atoms with Gasteiger partial charge in [-0.1, -0.05) is 112 Å². The lowest BCUT2D eigenvalue weighted by atomic mass is 9.85. The summed E-state index contributed by atoms with van der Waals surface area (Å²) < 4.78 is 37.0. The SMILES string of the molecule is [2H]C([2H])([2H])c1cc(-n2c3cc(Oc4cccc(N5C=CN(c6ccccc6C(C)(C)C)C5)c4)ccc3c3c2c2ccccc2n3-c2ccccc2)ncc1-c1ccccc1. The molecule has 1 aliphatic heterocycles. The molecule has 0 amide bonds. The number of aromatic nitrogens is 3. The topological polar surface area (TPSA) is 38.5 Å². The Morgan fingerprint density at radius 3 is 2.11 bits per heavy atom. The van der Waals surface area contributed by atoms with Crippen molar-refractivity contribution in [2.24, 2.45) is 0 Å². The minimum absolute atomic E-state index is 0.00929. The molecule has 0 unspecified atom stereocenters. The summed E-state index contributed by atoms with van der Waals surface area (Å²) in [6.07, 6.45) is 5.94. The van der Waals surface area contributed by atoms with Crippen LogP contribution >= 0.6 is 0 Å². The van der Waals surface area contributed by atoms with Crippen LogP contribution in [0.1, 0.15) is 36.0 Å². The van der Waals surface area contributed by atoms with Gasteiger partial charge >= 0.3 is 0 Å². The molecule has 9 aromatic rings. The second-order valence-electron chi connectivity index (χ2n) is 15.6. The zero-order chi connectivity index (χ0) is 41.2. The van der Waals surface area contributed by atoms with Gasteiger partial charge < -0.3 is 19.1 Å². The molecule has 1 aliphatic rings. The van der Waals surface area contributed by atoms with Crippen molar-refractivity contribution in [3.05, 3.63) is 187 Å². The number of ether oxygens (including phenoxy) is 1. The third-order valence-corrected chi connectivity index (χ3v) is 10.9. The quantitative estimate of drug-likeness (QED) is 0.163. The lowest BCUT2D eigenvalue weighted by Crippen LogP contribution is -2.27. The summed E-state index contributed by atoms with van der Waals surface area (Å²) in [4.78, 5) is 9.52. The number of hydrogen-bond acceptors (Lipinski definition) is 4. The molecule has 0 atom stereocenters. The molecule has 57 heavy (non-hydrogen) atoms. The molecule has 0 spiro atoms. The van der Waals surface area contributed by atoms with Gasteiger partial charge in [0.2, 0.25) is 0 Å². The Morgan fingerprint density at radius 1 is 0.596 bits per heavy atom. The van der Waals surface area contributed by atoms with E-state index in [0.29, 0.717) is 29.5 Å². The lowest BCUT2D eigenvalue weighted by Gasteiger charge is -2.28. The number of rotatable bonds is 7. The van der Waals surface area contributed by atoms with Crippen molar-refractivity contribution in [3.8, 4) is 34.1 Å². The average Bonchev–Trinajstić information content (AvgIpc) is 3.97. The molecule has 0 saturated heterocycles. The molecule has 0 aliphatic carbocycles. The second kappa shape index (κ2) is 13.6. The Hall–Kier alpha value is -7.05. The van der Waals surface area contributed by atoms with E-state index in [1.807, 2.05) is 84.9 Å². The smallest absolute Gasteiger partial charge is 0.137 e. The first-order chi connectivity index (χ1) is 29.0. The number of anilines is 2. The Bertz CT molecular complexity index is 3090. The van der Waals surface area contributed by atoms with Gasteiger partial charge in [-0.3, -0.25) is 4.57 Å². The summed E-state index contributed by atoms with van der Waals surface area (Å²) in [7, 11) is 0. The Labute approximate surface area is 337 Å². The molecule has 0 radical (unpaired) electrons. The van der Waals surface area contributed by atoms with Crippen LogP contribution in [-0.4, -0.2) is 20.8 Å². The highest BCUT2D eigenvalue weighted by molar-refractivity contribution is 6.20. The van der Waals surface area contributed by atoms with Crippen LogP contribution in [0.2, 0.25) is 0 Å². The summed E-state index contributed by atoms with van der Waals surface area (Å²) in [5.41, 5.74) is 9.96. The van der Waals surface area contributed by atoms with E-state index in [1.165, 1.54) is 11.3 Å². The van der Waals surface area contributed by atoms with Crippen molar-refractivity contribution in [1.29, 1.82) is 0 Å². The van der Waals surface area contributed by atoms with Gasteiger partial charge in [-0.25, -0.2) is 4.98 Å². The van der Waals surface area contributed by atoms with E-state index in [2.05, 4.69) is 119 Å². The van der Waals surface area contributed by atoms with E-state index in [0.717, 1.165) is 49.8 Å². The van der Waals surface area contributed by atoms with Crippen molar-refractivity contribution >= 4 is 44.2 Å². The molecule has 10 rings (SSSR count). The van der Waals surface area contributed by atoms with Gasteiger partial charge in [-0.15, -0.1) is 0 Å². The predicted octanol–water partition coefficient (Wildman–Crippen LogP) is 12.9. The monoisotopic (exact) mass is 744 g/mol. The van der Waals surface area contributed by atoms with Gasteiger partial charge in [0.1, 0.15) is 17.3 Å². The Kier molecular flexibility index (Phi) is 7.44. The van der Waals surface area contributed by atoms with E-state index in [-0.39, 0.29) is 11.0 Å². The maximum Gasteiger partial charge on any atom is 0.137 e. The first-order valence-corrected chi connectivity index (χ1v) is 19.3. The minimum atomic E-state index is -2.39. The largest absolute Gasteiger partial charge is 0.457 e. The van der Waals surface area contributed by atoms with E-state index in [9.17, 15) is 0 Å². The van der Waals surface area contributed by atoms with Gasteiger partial charge in [0.15, 0.2) is 0 Å². The number of para-hydroxylation sites is 3. The summed E-state index contributed by atoms with van der Waals surface area (Å²) in [5.74, 6) is 1.85. The maximum atomic E-state index is 8.65. The number of pyridine rings is 1. The van der Waals surface area contributed by atoms with Crippen molar-refractivity contribution < 1.29 is 8.85 Å². The highest BCUT2D eigenvalue weighted by Gasteiger charge is 2.25. The van der Waals surface area contributed by atoms with Crippen molar-refractivity contribution in [3.63, 3.8) is 0 Å². The highest BCUT2D eigenvalue weighted by atomic mass is 16.5. The maximum absolute atomic E-state index is 8.65. The Balaban J connectivity index is 1.10. The first kappa shape index (κ1) is 31.2. The molecule has 4 heterocycles. The van der Waals surface area contributed by atoms with Crippen molar-refractivity contribution in [2.75, 3.05) is 16.5 Å². The van der Waals surface area contributed by atoms with E-state index < -0.39 is 6.85 Å².